The highest BCUT2D eigenvalue weighted by Gasteiger charge is 2.12. The van der Waals surface area contributed by atoms with Gasteiger partial charge in [-0.2, -0.15) is 0 Å². The minimum atomic E-state index is -0.530. The zero-order valence-corrected chi connectivity index (χ0v) is 12.9. The minimum absolute atomic E-state index is 0.0839. The van der Waals surface area contributed by atoms with Gasteiger partial charge >= 0.3 is 0 Å². The van der Waals surface area contributed by atoms with Crippen molar-refractivity contribution in [1.82, 2.24) is 4.98 Å². The number of hydrogen-bond donors (Lipinski definition) is 1. The Morgan fingerprint density at radius 2 is 1.79 bits per heavy atom. The van der Waals surface area contributed by atoms with Gasteiger partial charge in [0.1, 0.15) is 5.82 Å². The number of thiazole rings is 1. The number of non-ortho nitro benzene ring substituents is 1. The second kappa shape index (κ2) is 6.55. The second-order valence-corrected chi connectivity index (χ2v) is 5.66. The lowest BCUT2D eigenvalue weighted by molar-refractivity contribution is -0.384. The Kier molecular flexibility index (Phi) is 4.30. The fraction of sp³-hybridized carbons (Fsp3) is 0. The van der Waals surface area contributed by atoms with E-state index in [1.165, 1.54) is 47.7 Å². The molecule has 0 aliphatic heterocycles. The van der Waals surface area contributed by atoms with Crippen LogP contribution in [-0.2, 0) is 0 Å². The molecular weight excluding hydrogens is 333 g/mol. The van der Waals surface area contributed by atoms with Crippen molar-refractivity contribution in [3.8, 4) is 11.3 Å². The van der Waals surface area contributed by atoms with Crippen LogP contribution in [0.1, 0.15) is 10.4 Å². The lowest BCUT2D eigenvalue weighted by Crippen LogP contribution is -2.11. The third-order valence-electron chi connectivity index (χ3n) is 3.20. The Morgan fingerprint density at radius 1 is 1.12 bits per heavy atom. The number of rotatable bonds is 4. The molecule has 0 atom stereocenters. The summed E-state index contributed by atoms with van der Waals surface area (Å²) in [4.78, 5) is 26.5. The normalized spacial score (nSPS) is 10.4. The highest BCUT2D eigenvalue weighted by atomic mass is 32.1. The van der Waals surface area contributed by atoms with Crippen LogP contribution >= 0.6 is 11.3 Å². The monoisotopic (exact) mass is 343 g/mol. The van der Waals surface area contributed by atoms with E-state index in [4.69, 9.17) is 0 Å². The van der Waals surface area contributed by atoms with E-state index in [9.17, 15) is 19.3 Å². The number of carbonyl (C=O) groups excluding carboxylic acids is 1. The summed E-state index contributed by atoms with van der Waals surface area (Å²) in [5, 5.41) is 15.4. The molecule has 0 spiro atoms. The van der Waals surface area contributed by atoms with Gasteiger partial charge in [-0.3, -0.25) is 20.2 Å². The maximum Gasteiger partial charge on any atom is 0.269 e. The predicted molar refractivity (Wildman–Crippen MR) is 88.6 cm³/mol. The predicted octanol–water partition coefficient (Wildman–Crippen LogP) is 4.11. The molecule has 6 nitrogen and oxygen atoms in total. The van der Waals surface area contributed by atoms with Crippen molar-refractivity contribution >= 4 is 28.1 Å². The number of anilines is 1. The zero-order chi connectivity index (χ0) is 17.1. The van der Waals surface area contributed by atoms with Crippen molar-refractivity contribution in [3.05, 3.63) is 75.4 Å². The number of nitrogens with one attached hydrogen (secondary N) is 1. The van der Waals surface area contributed by atoms with Crippen LogP contribution < -0.4 is 5.32 Å². The van der Waals surface area contributed by atoms with Gasteiger partial charge < -0.3 is 0 Å². The summed E-state index contributed by atoms with van der Waals surface area (Å²) in [7, 11) is 0. The van der Waals surface area contributed by atoms with E-state index in [2.05, 4.69) is 10.3 Å². The summed E-state index contributed by atoms with van der Waals surface area (Å²) in [5.41, 5.74) is 1.57. The molecule has 8 heteroatoms. The van der Waals surface area contributed by atoms with Gasteiger partial charge in [0.15, 0.2) is 5.13 Å². The Balaban J connectivity index is 1.73. The molecule has 120 valence electrons. The van der Waals surface area contributed by atoms with Gasteiger partial charge in [-0.1, -0.05) is 0 Å². The molecule has 0 aliphatic rings. The molecule has 2 aromatic carbocycles. The lowest BCUT2D eigenvalue weighted by atomic mass is 10.2. The quantitative estimate of drug-likeness (QED) is 0.570. The molecule has 0 fully saturated rings. The third kappa shape index (κ3) is 3.44. The number of benzene rings is 2. The van der Waals surface area contributed by atoms with Crippen molar-refractivity contribution in [2.24, 2.45) is 0 Å². The highest BCUT2D eigenvalue weighted by Crippen LogP contribution is 2.25. The average Bonchev–Trinajstić information content (AvgIpc) is 3.04. The number of amides is 1. The van der Waals surface area contributed by atoms with Crippen LogP contribution in [0.2, 0.25) is 0 Å². The lowest BCUT2D eigenvalue weighted by Gasteiger charge is -2.01. The Bertz CT molecular complexity index is 892. The van der Waals surface area contributed by atoms with E-state index in [1.54, 1.807) is 17.5 Å². The van der Waals surface area contributed by atoms with Gasteiger partial charge in [0.25, 0.3) is 11.6 Å². The standard InChI is InChI=1S/C16H10FN3O3S/c17-12-5-1-10(2-6-12)14-9-24-16(18-14)19-15(21)11-3-7-13(8-4-11)20(22)23/h1-9H,(H,18,19,21). The highest BCUT2D eigenvalue weighted by molar-refractivity contribution is 7.14. The molecule has 3 rings (SSSR count). The van der Waals surface area contributed by atoms with Gasteiger partial charge in [0.05, 0.1) is 10.6 Å². The first-order valence-corrected chi connectivity index (χ1v) is 7.68. The van der Waals surface area contributed by atoms with Crippen molar-refractivity contribution in [1.29, 1.82) is 0 Å². The first-order valence-electron chi connectivity index (χ1n) is 6.80. The van der Waals surface area contributed by atoms with E-state index in [-0.39, 0.29) is 11.5 Å². The Morgan fingerprint density at radius 3 is 2.42 bits per heavy atom. The number of nitrogens with zero attached hydrogens (tertiary/aromatic N) is 2. The first kappa shape index (κ1) is 15.8. The molecular formula is C16H10FN3O3S. The first-order chi connectivity index (χ1) is 11.5. The molecule has 0 unspecified atom stereocenters. The van der Waals surface area contributed by atoms with Crippen LogP contribution in [0.15, 0.2) is 53.9 Å². The molecule has 1 aromatic heterocycles. The van der Waals surface area contributed by atoms with Crippen molar-refractivity contribution < 1.29 is 14.1 Å². The summed E-state index contributed by atoms with van der Waals surface area (Å²) in [6.45, 7) is 0. The van der Waals surface area contributed by atoms with Crippen LogP contribution in [0, 0.1) is 15.9 Å². The topological polar surface area (TPSA) is 85.1 Å². The maximum absolute atomic E-state index is 12.9. The Hall–Kier alpha value is -3.13. The molecule has 0 saturated heterocycles. The number of hydrogen-bond acceptors (Lipinski definition) is 5. The largest absolute Gasteiger partial charge is 0.298 e. The summed E-state index contributed by atoms with van der Waals surface area (Å²) in [5.74, 6) is -0.745. The van der Waals surface area contributed by atoms with Crippen LogP contribution in [0.25, 0.3) is 11.3 Å². The van der Waals surface area contributed by atoms with E-state index < -0.39 is 10.8 Å². The van der Waals surface area contributed by atoms with Crippen molar-refractivity contribution in [3.63, 3.8) is 0 Å². The fourth-order valence-corrected chi connectivity index (χ4v) is 2.70. The smallest absolute Gasteiger partial charge is 0.269 e. The van der Waals surface area contributed by atoms with E-state index in [0.717, 1.165) is 5.56 Å². The number of nitro benzene ring substituents is 1. The third-order valence-corrected chi connectivity index (χ3v) is 3.96. The van der Waals surface area contributed by atoms with Crippen LogP contribution in [0.3, 0.4) is 0 Å². The van der Waals surface area contributed by atoms with Gasteiger partial charge in [-0.25, -0.2) is 9.37 Å². The van der Waals surface area contributed by atoms with Crippen molar-refractivity contribution in [2.45, 2.75) is 0 Å². The van der Waals surface area contributed by atoms with Crippen LogP contribution in [-0.4, -0.2) is 15.8 Å². The van der Waals surface area contributed by atoms with Gasteiger partial charge in [-0.05, 0) is 36.4 Å². The number of aromatic nitrogens is 1. The maximum atomic E-state index is 12.9. The average molecular weight is 343 g/mol. The van der Waals surface area contributed by atoms with E-state index in [0.29, 0.717) is 16.4 Å². The van der Waals surface area contributed by atoms with Crippen LogP contribution in [0.4, 0.5) is 15.2 Å². The van der Waals surface area contributed by atoms with Gasteiger partial charge in [0.2, 0.25) is 0 Å². The zero-order valence-electron chi connectivity index (χ0n) is 12.1. The second-order valence-electron chi connectivity index (χ2n) is 4.80. The Labute approximate surface area is 139 Å². The molecule has 0 bridgehead atoms. The number of carbonyl (C=O) groups is 1. The van der Waals surface area contributed by atoms with Crippen LogP contribution in [0.5, 0.6) is 0 Å². The van der Waals surface area contributed by atoms with Gasteiger partial charge in [-0.15, -0.1) is 11.3 Å². The molecule has 0 saturated carbocycles. The van der Waals surface area contributed by atoms with Crippen molar-refractivity contribution in [2.75, 3.05) is 5.32 Å². The molecule has 24 heavy (non-hydrogen) atoms. The molecule has 1 N–H and O–H groups in total. The van der Waals surface area contributed by atoms with E-state index in [1.807, 2.05) is 0 Å². The molecule has 0 aliphatic carbocycles. The molecule has 0 radical (unpaired) electrons. The minimum Gasteiger partial charge on any atom is -0.298 e. The SMILES string of the molecule is O=C(Nc1nc(-c2ccc(F)cc2)cs1)c1ccc([N+](=O)[O-])cc1. The van der Waals surface area contributed by atoms with E-state index >= 15 is 0 Å². The summed E-state index contributed by atoms with van der Waals surface area (Å²) >= 11 is 1.23. The molecule has 1 heterocycles. The summed E-state index contributed by atoms with van der Waals surface area (Å²) in [6, 6.07) is 11.2. The summed E-state index contributed by atoms with van der Waals surface area (Å²) in [6.07, 6.45) is 0. The summed E-state index contributed by atoms with van der Waals surface area (Å²) < 4.78 is 12.9. The number of halogens is 1. The molecule has 1 amide bonds. The molecule has 3 aromatic rings. The fourth-order valence-electron chi connectivity index (χ4n) is 1.99. The number of nitro groups is 1. The van der Waals surface area contributed by atoms with Gasteiger partial charge in [0, 0.05) is 28.6 Å².